The summed E-state index contributed by atoms with van der Waals surface area (Å²) in [5, 5.41) is 0. The molecule has 0 fully saturated rings. The number of benzene rings is 1. The van der Waals surface area contributed by atoms with Crippen LogP contribution in [-0.4, -0.2) is 9.97 Å². The average molecular weight is 264 g/mol. The molecule has 3 nitrogen and oxygen atoms in total. The van der Waals surface area contributed by atoms with Gasteiger partial charge in [0.15, 0.2) is 0 Å². The van der Waals surface area contributed by atoms with Crippen molar-refractivity contribution in [1.29, 1.82) is 0 Å². The standard InChI is InChI=1S/C11H10BrN3/c12-9-3-1-8(2-4-9)7-11-14-6-5-10(13)15-11/h1-6H,7H2,(H2,13,14,15). The zero-order valence-electron chi connectivity index (χ0n) is 8.02. The maximum absolute atomic E-state index is 5.58. The van der Waals surface area contributed by atoms with Crippen LogP contribution in [-0.2, 0) is 6.42 Å². The predicted molar refractivity (Wildman–Crippen MR) is 63.4 cm³/mol. The molecule has 0 saturated heterocycles. The fraction of sp³-hybridized carbons (Fsp3) is 0.0909. The van der Waals surface area contributed by atoms with Gasteiger partial charge in [-0.2, -0.15) is 0 Å². The van der Waals surface area contributed by atoms with Crippen molar-refractivity contribution in [3.8, 4) is 0 Å². The van der Waals surface area contributed by atoms with Gasteiger partial charge in [0, 0.05) is 17.1 Å². The summed E-state index contributed by atoms with van der Waals surface area (Å²) < 4.78 is 1.07. The van der Waals surface area contributed by atoms with E-state index in [9.17, 15) is 0 Å². The van der Waals surface area contributed by atoms with Crippen LogP contribution >= 0.6 is 15.9 Å². The lowest BCUT2D eigenvalue weighted by atomic mass is 10.1. The molecule has 0 radical (unpaired) electrons. The molecule has 2 aromatic rings. The Labute approximate surface area is 96.5 Å². The molecule has 0 bridgehead atoms. The van der Waals surface area contributed by atoms with Crippen LogP contribution < -0.4 is 5.73 Å². The van der Waals surface area contributed by atoms with E-state index in [4.69, 9.17) is 5.73 Å². The second-order valence-electron chi connectivity index (χ2n) is 3.20. The number of nitrogen functional groups attached to an aromatic ring is 1. The van der Waals surface area contributed by atoms with Crippen LogP contribution in [0.3, 0.4) is 0 Å². The maximum Gasteiger partial charge on any atom is 0.135 e. The number of nitrogens with two attached hydrogens (primary N) is 1. The molecule has 0 saturated carbocycles. The average Bonchev–Trinajstić information content (AvgIpc) is 2.22. The summed E-state index contributed by atoms with van der Waals surface area (Å²) >= 11 is 3.39. The van der Waals surface area contributed by atoms with Crippen LogP contribution in [0.5, 0.6) is 0 Å². The SMILES string of the molecule is Nc1ccnc(Cc2ccc(Br)cc2)n1. The van der Waals surface area contributed by atoms with Gasteiger partial charge in [0.05, 0.1) is 0 Å². The minimum atomic E-state index is 0.511. The molecule has 76 valence electrons. The van der Waals surface area contributed by atoms with Gasteiger partial charge in [0.1, 0.15) is 11.6 Å². The number of hydrogen-bond acceptors (Lipinski definition) is 3. The van der Waals surface area contributed by atoms with Gasteiger partial charge in [0.25, 0.3) is 0 Å². The van der Waals surface area contributed by atoms with E-state index in [1.807, 2.05) is 24.3 Å². The minimum Gasteiger partial charge on any atom is -0.384 e. The third-order valence-corrected chi connectivity index (χ3v) is 2.53. The van der Waals surface area contributed by atoms with Crippen LogP contribution in [0.15, 0.2) is 41.0 Å². The van der Waals surface area contributed by atoms with Gasteiger partial charge >= 0.3 is 0 Å². The Morgan fingerprint density at radius 1 is 1.13 bits per heavy atom. The van der Waals surface area contributed by atoms with Gasteiger partial charge in [-0.15, -0.1) is 0 Å². The van der Waals surface area contributed by atoms with Crippen molar-refractivity contribution in [3.63, 3.8) is 0 Å². The monoisotopic (exact) mass is 263 g/mol. The van der Waals surface area contributed by atoms with E-state index in [-0.39, 0.29) is 0 Å². The fourth-order valence-electron chi connectivity index (χ4n) is 1.28. The molecule has 1 aromatic carbocycles. The number of halogens is 1. The van der Waals surface area contributed by atoms with E-state index in [2.05, 4.69) is 25.9 Å². The van der Waals surface area contributed by atoms with Crippen molar-refractivity contribution < 1.29 is 0 Å². The van der Waals surface area contributed by atoms with Crippen LogP contribution in [0.2, 0.25) is 0 Å². The summed E-state index contributed by atoms with van der Waals surface area (Å²) in [4.78, 5) is 8.30. The highest BCUT2D eigenvalue weighted by molar-refractivity contribution is 9.10. The highest BCUT2D eigenvalue weighted by Gasteiger charge is 1.99. The first-order valence-corrected chi connectivity index (χ1v) is 5.35. The third kappa shape index (κ3) is 2.76. The highest BCUT2D eigenvalue weighted by Crippen LogP contribution is 2.12. The molecule has 4 heteroatoms. The molecule has 0 aliphatic carbocycles. The molecule has 1 aromatic heterocycles. The number of anilines is 1. The van der Waals surface area contributed by atoms with Crippen LogP contribution in [0.4, 0.5) is 5.82 Å². The second-order valence-corrected chi connectivity index (χ2v) is 4.12. The van der Waals surface area contributed by atoms with Gasteiger partial charge < -0.3 is 5.73 Å². The lowest BCUT2D eigenvalue weighted by Crippen LogP contribution is -1.99. The summed E-state index contributed by atoms with van der Waals surface area (Å²) in [6.07, 6.45) is 2.38. The van der Waals surface area contributed by atoms with E-state index >= 15 is 0 Å². The van der Waals surface area contributed by atoms with Gasteiger partial charge in [-0.1, -0.05) is 28.1 Å². The largest absolute Gasteiger partial charge is 0.384 e. The number of rotatable bonds is 2. The van der Waals surface area contributed by atoms with Crippen molar-refractivity contribution in [2.24, 2.45) is 0 Å². The Balaban J connectivity index is 2.18. The smallest absolute Gasteiger partial charge is 0.135 e. The molecule has 2 rings (SSSR count). The van der Waals surface area contributed by atoms with E-state index < -0.39 is 0 Å². The Morgan fingerprint density at radius 3 is 2.53 bits per heavy atom. The van der Waals surface area contributed by atoms with E-state index in [1.54, 1.807) is 12.3 Å². The zero-order valence-corrected chi connectivity index (χ0v) is 9.61. The van der Waals surface area contributed by atoms with Crippen molar-refractivity contribution >= 4 is 21.7 Å². The lowest BCUT2D eigenvalue weighted by Gasteiger charge is -2.01. The molecule has 0 aliphatic heterocycles. The number of aromatic nitrogens is 2. The lowest BCUT2D eigenvalue weighted by molar-refractivity contribution is 0.974. The quantitative estimate of drug-likeness (QED) is 0.906. The van der Waals surface area contributed by atoms with Crippen molar-refractivity contribution in [1.82, 2.24) is 9.97 Å². The maximum atomic E-state index is 5.58. The highest BCUT2D eigenvalue weighted by atomic mass is 79.9. The predicted octanol–water partition coefficient (Wildman–Crippen LogP) is 2.41. The summed E-state index contributed by atoms with van der Waals surface area (Å²) in [5.74, 6) is 1.26. The molecule has 0 unspecified atom stereocenters. The first-order valence-electron chi connectivity index (χ1n) is 4.56. The summed E-state index contributed by atoms with van der Waals surface area (Å²) in [5.41, 5.74) is 6.75. The molecule has 0 aliphatic rings. The first kappa shape index (κ1) is 10.1. The summed E-state index contributed by atoms with van der Waals surface area (Å²) in [6, 6.07) is 9.77. The molecule has 0 amide bonds. The first-order chi connectivity index (χ1) is 7.24. The van der Waals surface area contributed by atoms with Gasteiger partial charge in [0.2, 0.25) is 0 Å². The summed E-state index contributed by atoms with van der Waals surface area (Å²) in [6.45, 7) is 0. The molecule has 0 spiro atoms. The van der Waals surface area contributed by atoms with Crippen LogP contribution in [0, 0.1) is 0 Å². The Kier molecular flexibility index (Phi) is 2.97. The Morgan fingerprint density at radius 2 is 1.87 bits per heavy atom. The van der Waals surface area contributed by atoms with Gasteiger partial charge in [-0.05, 0) is 23.8 Å². The molecule has 0 atom stereocenters. The molecule has 15 heavy (non-hydrogen) atoms. The Bertz CT molecular complexity index is 454. The summed E-state index contributed by atoms with van der Waals surface area (Å²) in [7, 11) is 0. The minimum absolute atomic E-state index is 0.511. The fourth-order valence-corrected chi connectivity index (χ4v) is 1.55. The normalized spacial score (nSPS) is 10.2. The van der Waals surface area contributed by atoms with Gasteiger partial charge in [-0.3, -0.25) is 0 Å². The van der Waals surface area contributed by atoms with Gasteiger partial charge in [-0.25, -0.2) is 9.97 Å². The number of hydrogen-bond donors (Lipinski definition) is 1. The van der Waals surface area contributed by atoms with E-state index in [0.29, 0.717) is 12.2 Å². The van der Waals surface area contributed by atoms with E-state index in [0.717, 1.165) is 10.3 Å². The molecular weight excluding hydrogens is 254 g/mol. The van der Waals surface area contributed by atoms with Crippen molar-refractivity contribution in [3.05, 3.63) is 52.4 Å². The topological polar surface area (TPSA) is 51.8 Å². The molecule has 1 heterocycles. The third-order valence-electron chi connectivity index (χ3n) is 2.00. The van der Waals surface area contributed by atoms with Crippen molar-refractivity contribution in [2.45, 2.75) is 6.42 Å². The molecular formula is C11H10BrN3. The molecule has 2 N–H and O–H groups in total. The van der Waals surface area contributed by atoms with Crippen molar-refractivity contribution in [2.75, 3.05) is 5.73 Å². The second kappa shape index (κ2) is 4.40. The van der Waals surface area contributed by atoms with E-state index in [1.165, 1.54) is 5.56 Å². The zero-order chi connectivity index (χ0) is 10.7. The van der Waals surface area contributed by atoms with Crippen LogP contribution in [0.25, 0.3) is 0 Å². The number of nitrogens with zero attached hydrogens (tertiary/aromatic N) is 2. The Hall–Kier alpha value is -1.42. The van der Waals surface area contributed by atoms with Crippen LogP contribution in [0.1, 0.15) is 11.4 Å².